The van der Waals surface area contributed by atoms with Crippen molar-refractivity contribution in [1.29, 1.82) is 0 Å². The molecule has 1 amide bonds. The normalized spacial score (nSPS) is 13.2. The molecule has 0 radical (unpaired) electrons. The lowest BCUT2D eigenvalue weighted by molar-refractivity contribution is -0.118. The third kappa shape index (κ3) is 5.98. The van der Waals surface area contributed by atoms with E-state index in [1.165, 1.54) is 16.7 Å². The van der Waals surface area contributed by atoms with Gasteiger partial charge in [0.1, 0.15) is 6.54 Å². The van der Waals surface area contributed by atoms with Crippen molar-refractivity contribution < 1.29 is 9.53 Å². The van der Waals surface area contributed by atoms with Crippen molar-refractivity contribution in [3.63, 3.8) is 0 Å². The number of hydrogen-bond acceptors (Lipinski definition) is 6. The molecule has 0 aliphatic rings. The van der Waals surface area contributed by atoms with Crippen LogP contribution in [0.15, 0.2) is 54.7 Å². The maximum atomic E-state index is 11.6. The van der Waals surface area contributed by atoms with E-state index in [1.807, 2.05) is 21.5 Å². The third-order valence-electron chi connectivity index (χ3n) is 6.64. The van der Waals surface area contributed by atoms with E-state index in [2.05, 4.69) is 77.2 Å². The highest BCUT2D eigenvalue weighted by Crippen LogP contribution is 2.26. The number of tetrazole rings is 1. The quantitative estimate of drug-likeness (QED) is 0.299. The van der Waals surface area contributed by atoms with E-state index in [9.17, 15) is 4.79 Å². The molecule has 4 rings (SSSR count). The van der Waals surface area contributed by atoms with Crippen LogP contribution in [0.25, 0.3) is 10.9 Å². The Morgan fingerprint density at radius 2 is 1.97 bits per heavy atom. The van der Waals surface area contributed by atoms with Gasteiger partial charge in [-0.15, -0.1) is 5.10 Å². The number of carbonyl (C=O) groups is 1. The first-order valence-electron chi connectivity index (χ1n) is 12.3. The predicted octanol–water partition coefficient (Wildman–Crippen LogP) is 2.75. The second-order valence-electron chi connectivity index (χ2n) is 9.48. The van der Waals surface area contributed by atoms with Crippen LogP contribution in [0.4, 0.5) is 0 Å². The zero-order valence-electron chi connectivity index (χ0n) is 21.3. The predicted molar refractivity (Wildman–Crippen MR) is 139 cm³/mol. The molecule has 2 aromatic heterocycles. The van der Waals surface area contributed by atoms with Gasteiger partial charge in [0.15, 0.2) is 5.82 Å². The van der Waals surface area contributed by atoms with Crippen LogP contribution in [0.1, 0.15) is 35.9 Å². The van der Waals surface area contributed by atoms with E-state index in [4.69, 9.17) is 10.5 Å². The molecule has 0 saturated carbocycles. The summed E-state index contributed by atoms with van der Waals surface area (Å²) < 4.78 is 9.02. The van der Waals surface area contributed by atoms with Crippen LogP contribution in [0.2, 0.25) is 0 Å². The maximum Gasteiger partial charge on any atom is 0.237 e. The molecular formula is C27H35N7O2. The van der Waals surface area contributed by atoms with Crippen LogP contribution in [-0.2, 0) is 41.0 Å². The summed E-state index contributed by atoms with van der Waals surface area (Å²) >= 11 is 0. The van der Waals surface area contributed by atoms with Gasteiger partial charge >= 0.3 is 0 Å². The van der Waals surface area contributed by atoms with E-state index in [0.717, 1.165) is 36.0 Å². The van der Waals surface area contributed by atoms with Gasteiger partial charge in [0.05, 0.1) is 18.7 Å². The van der Waals surface area contributed by atoms with Crippen molar-refractivity contribution >= 4 is 16.8 Å². The highest BCUT2D eigenvalue weighted by atomic mass is 16.5. The number of rotatable bonds is 13. The number of nitrogens with one attached hydrogen (secondary N) is 1. The standard InChI is InChI=1S/C27H35N7O2/c1-20-9-10-24-23(17-20)22(18-33(24)19-25(28)35)12-14-29-27(2,13-11-21-7-5-4-6-8-21)26-30-31-32-34(26)15-16-36-3/h4-10,17-18,29H,11-16,19H2,1-3H3,(H2,28,35). The minimum Gasteiger partial charge on any atom is -0.383 e. The lowest BCUT2D eigenvalue weighted by atomic mass is 9.91. The van der Waals surface area contributed by atoms with Gasteiger partial charge in [-0.05, 0) is 66.8 Å². The molecule has 0 spiro atoms. The first-order chi connectivity index (χ1) is 17.4. The smallest absolute Gasteiger partial charge is 0.237 e. The molecular weight excluding hydrogens is 454 g/mol. The molecule has 1 unspecified atom stereocenters. The van der Waals surface area contributed by atoms with Gasteiger partial charge in [-0.25, -0.2) is 4.68 Å². The number of benzene rings is 2. The number of nitrogens with zero attached hydrogens (tertiary/aromatic N) is 5. The SMILES string of the molecule is COCCn1nnnc1C(C)(CCc1ccccc1)NCCc1cn(CC(N)=O)c2ccc(C)cc12. The van der Waals surface area contributed by atoms with Crippen LogP contribution in [0.5, 0.6) is 0 Å². The van der Waals surface area contributed by atoms with Crippen molar-refractivity contribution in [2.45, 2.75) is 51.7 Å². The number of primary amides is 1. The van der Waals surface area contributed by atoms with Crippen LogP contribution < -0.4 is 11.1 Å². The summed E-state index contributed by atoms with van der Waals surface area (Å²) in [5, 5.41) is 17.5. The summed E-state index contributed by atoms with van der Waals surface area (Å²) in [7, 11) is 1.67. The second kappa shape index (κ2) is 11.5. The summed E-state index contributed by atoms with van der Waals surface area (Å²) in [4.78, 5) is 11.6. The van der Waals surface area contributed by atoms with Crippen LogP contribution in [-0.4, -0.2) is 50.9 Å². The van der Waals surface area contributed by atoms with Crippen LogP contribution in [0, 0.1) is 6.92 Å². The molecule has 36 heavy (non-hydrogen) atoms. The van der Waals surface area contributed by atoms with E-state index < -0.39 is 5.54 Å². The minimum atomic E-state index is -0.450. The Labute approximate surface area is 211 Å². The van der Waals surface area contributed by atoms with Gasteiger partial charge in [-0.1, -0.05) is 42.0 Å². The molecule has 2 heterocycles. The summed E-state index contributed by atoms with van der Waals surface area (Å²) in [6, 6.07) is 16.7. The molecule has 0 aliphatic heterocycles. The second-order valence-corrected chi connectivity index (χ2v) is 9.48. The summed E-state index contributed by atoms with van der Waals surface area (Å²) in [6.45, 7) is 6.23. The van der Waals surface area contributed by atoms with Crippen LogP contribution >= 0.6 is 0 Å². The molecule has 1 atom stereocenters. The number of amides is 1. The Balaban J connectivity index is 1.56. The number of methoxy groups -OCH3 is 1. The number of aryl methyl sites for hydroxylation is 2. The average molecular weight is 490 g/mol. The lowest BCUT2D eigenvalue weighted by Crippen LogP contribution is -2.43. The molecule has 0 bridgehead atoms. The van der Waals surface area contributed by atoms with Gasteiger partial charge < -0.3 is 20.4 Å². The fourth-order valence-corrected chi connectivity index (χ4v) is 4.70. The van der Waals surface area contributed by atoms with E-state index in [0.29, 0.717) is 19.7 Å². The largest absolute Gasteiger partial charge is 0.383 e. The molecule has 3 N–H and O–H groups in total. The summed E-state index contributed by atoms with van der Waals surface area (Å²) in [5.41, 5.74) is 9.68. The van der Waals surface area contributed by atoms with E-state index >= 15 is 0 Å². The lowest BCUT2D eigenvalue weighted by Gasteiger charge is -2.30. The zero-order chi connectivity index (χ0) is 25.5. The number of hydrogen-bond donors (Lipinski definition) is 2. The minimum absolute atomic E-state index is 0.163. The first kappa shape index (κ1) is 25.5. The Kier molecular flexibility index (Phi) is 8.12. The third-order valence-corrected chi connectivity index (χ3v) is 6.64. The Morgan fingerprint density at radius 3 is 2.72 bits per heavy atom. The topological polar surface area (TPSA) is 113 Å². The van der Waals surface area contributed by atoms with Crippen molar-refractivity contribution in [2.75, 3.05) is 20.3 Å². The van der Waals surface area contributed by atoms with Gasteiger partial charge in [-0.2, -0.15) is 0 Å². The Bertz CT molecular complexity index is 1300. The summed E-state index contributed by atoms with van der Waals surface area (Å²) in [5.74, 6) is 0.441. The summed E-state index contributed by atoms with van der Waals surface area (Å²) in [6.07, 6.45) is 4.54. The monoisotopic (exact) mass is 489 g/mol. The Morgan fingerprint density at radius 1 is 1.17 bits per heavy atom. The number of nitrogens with two attached hydrogens (primary N) is 1. The Hall–Kier alpha value is -3.56. The zero-order valence-corrected chi connectivity index (χ0v) is 21.3. The highest BCUT2D eigenvalue weighted by Gasteiger charge is 2.32. The van der Waals surface area contributed by atoms with Crippen molar-refractivity contribution in [1.82, 2.24) is 30.1 Å². The van der Waals surface area contributed by atoms with Gasteiger partial charge in [0.25, 0.3) is 0 Å². The van der Waals surface area contributed by atoms with Gasteiger partial charge in [0.2, 0.25) is 5.91 Å². The van der Waals surface area contributed by atoms with Crippen LogP contribution in [0.3, 0.4) is 0 Å². The van der Waals surface area contributed by atoms with Gasteiger partial charge in [0, 0.05) is 30.8 Å². The number of aromatic nitrogens is 5. The molecule has 9 heteroatoms. The maximum absolute atomic E-state index is 11.6. The number of fused-ring (bicyclic) bond motifs is 1. The average Bonchev–Trinajstić information content (AvgIpc) is 3.47. The molecule has 4 aromatic rings. The van der Waals surface area contributed by atoms with E-state index in [-0.39, 0.29) is 12.5 Å². The molecule has 0 fully saturated rings. The fraction of sp³-hybridized carbons (Fsp3) is 0.407. The fourth-order valence-electron chi connectivity index (χ4n) is 4.70. The molecule has 190 valence electrons. The number of ether oxygens (including phenoxy) is 1. The van der Waals surface area contributed by atoms with E-state index in [1.54, 1.807) is 7.11 Å². The molecule has 0 saturated heterocycles. The van der Waals surface area contributed by atoms with Gasteiger partial charge in [-0.3, -0.25) is 4.79 Å². The molecule has 9 nitrogen and oxygen atoms in total. The van der Waals surface area contributed by atoms with Crippen molar-refractivity contribution in [3.05, 3.63) is 77.2 Å². The molecule has 2 aromatic carbocycles. The highest BCUT2D eigenvalue weighted by molar-refractivity contribution is 5.86. The molecule has 0 aliphatic carbocycles. The number of carbonyl (C=O) groups excluding carboxylic acids is 1. The first-order valence-corrected chi connectivity index (χ1v) is 12.3. The van der Waals surface area contributed by atoms with Crippen molar-refractivity contribution in [2.24, 2.45) is 5.73 Å². The van der Waals surface area contributed by atoms with Crippen molar-refractivity contribution in [3.8, 4) is 0 Å².